The van der Waals surface area contributed by atoms with E-state index in [4.69, 9.17) is 21.3 Å². The third-order valence-corrected chi connectivity index (χ3v) is 6.34. The van der Waals surface area contributed by atoms with Crippen molar-refractivity contribution >= 4 is 29.1 Å². The number of pyridine rings is 1. The molecule has 2 aliphatic rings. The van der Waals surface area contributed by atoms with Gasteiger partial charge in [-0.1, -0.05) is 17.7 Å². The zero-order valence-corrected chi connectivity index (χ0v) is 18.5. The van der Waals surface area contributed by atoms with Crippen LogP contribution in [0.3, 0.4) is 0 Å². The van der Waals surface area contributed by atoms with E-state index >= 15 is 0 Å². The molecule has 2 aromatic heterocycles. The number of fused-ring (bicyclic) bond motifs is 1. The van der Waals surface area contributed by atoms with Crippen LogP contribution in [-0.4, -0.2) is 45.0 Å². The average Bonchev–Trinajstić information content (AvgIpc) is 3.24. The molecule has 4 heterocycles. The number of benzene rings is 1. The fourth-order valence-corrected chi connectivity index (χ4v) is 4.52. The van der Waals surface area contributed by atoms with E-state index in [-0.39, 0.29) is 11.8 Å². The summed E-state index contributed by atoms with van der Waals surface area (Å²) < 4.78 is 5.88. The summed E-state index contributed by atoms with van der Waals surface area (Å²) in [4.78, 5) is 28.4. The predicted molar refractivity (Wildman–Crippen MR) is 122 cm³/mol. The maximum Gasteiger partial charge on any atom is 0.263 e. The van der Waals surface area contributed by atoms with E-state index < -0.39 is 6.10 Å². The largest absolute Gasteiger partial charge is 0.480 e. The molecule has 1 atom stereocenters. The van der Waals surface area contributed by atoms with E-state index in [9.17, 15) is 4.79 Å². The minimum atomic E-state index is -0.464. The van der Waals surface area contributed by atoms with Gasteiger partial charge in [0.25, 0.3) is 5.91 Å². The van der Waals surface area contributed by atoms with E-state index in [1.54, 1.807) is 18.5 Å². The van der Waals surface area contributed by atoms with Crippen molar-refractivity contribution in [3.8, 4) is 5.75 Å². The molecule has 3 aromatic rings. The van der Waals surface area contributed by atoms with Crippen LogP contribution in [-0.2, 0) is 11.2 Å². The van der Waals surface area contributed by atoms with Gasteiger partial charge in [-0.2, -0.15) is 0 Å². The van der Waals surface area contributed by atoms with Gasteiger partial charge in [-0.05, 0) is 55.2 Å². The van der Waals surface area contributed by atoms with Crippen LogP contribution in [0.4, 0.5) is 11.6 Å². The number of nitrogens with zero attached hydrogens (tertiary/aromatic N) is 4. The molecule has 1 unspecified atom stereocenters. The van der Waals surface area contributed by atoms with Crippen LogP contribution in [0.1, 0.15) is 35.6 Å². The number of hydrogen-bond donors (Lipinski definition) is 1. The van der Waals surface area contributed by atoms with Gasteiger partial charge in [0.2, 0.25) is 0 Å². The summed E-state index contributed by atoms with van der Waals surface area (Å²) in [5.41, 5.74) is 2.98. The Kier molecular flexibility index (Phi) is 5.66. The molecule has 8 heteroatoms. The van der Waals surface area contributed by atoms with Gasteiger partial charge in [0, 0.05) is 42.8 Å². The Morgan fingerprint density at radius 1 is 1.22 bits per heavy atom. The highest BCUT2D eigenvalue weighted by atomic mass is 35.5. The summed E-state index contributed by atoms with van der Waals surface area (Å²) in [7, 11) is 0. The lowest BCUT2D eigenvalue weighted by Gasteiger charge is -2.33. The summed E-state index contributed by atoms with van der Waals surface area (Å²) in [5.74, 6) is 2.52. The predicted octanol–water partition coefficient (Wildman–Crippen LogP) is 4.29. The van der Waals surface area contributed by atoms with Crippen molar-refractivity contribution in [3.05, 3.63) is 70.8 Å². The molecule has 1 fully saturated rings. The normalized spacial score (nSPS) is 18.2. The molecule has 1 N–H and O–H groups in total. The number of likely N-dealkylation sites (tertiary alicyclic amines) is 1. The molecular formula is C24H24ClN5O2. The Morgan fingerprint density at radius 2 is 2.06 bits per heavy atom. The third kappa shape index (κ3) is 4.25. The Labute approximate surface area is 191 Å². The van der Waals surface area contributed by atoms with Gasteiger partial charge >= 0.3 is 0 Å². The van der Waals surface area contributed by atoms with Gasteiger partial charge < -0.3 is 15.0 Å². The number of rotatable bonds is 4. The number of carbonyl (C=O) groups excluding carboxylic acids is 1. The quantitative estimate of drug-likeness (QED) is 0.640. The van der Waals surface area contributed by atoms with Crippen molar-refractivity contribution in [1.29, 1.82) is 0 Å². The maximum absolute atomic E-state index is 13.0. The van der Waals surface area contributed by atoms with Crippen LogP contribution in [0, 0.1) is 6.92 Å². The van der Waals surface area contributed by atoms with Crippen molar-refractivity contribution in [2.45, 2.75) is 38.2 Å². The van der Waals surface area contributed by atoms with E-state index in [2.05, 4.69) is 15.3 Å². The molecule has 32 heavy (non-hydrogen) atoms. The number of piperidine rings is 1. The van der Waals surface area contributed by atoms with Crippen LogP contribution < -0.4 is 10.1 Å². The van der Waals surface area contributed by atoms with Crippen molar-refractivity contribution in [2.75, 3.05) is 18.4 Å². The zero-order valence-electron chi connectivity index (χ0n) is 17.8. The van der Waals surface area contributed by atoms with Gasteiger partial charge in [0.1, 0.15) is 17.4 Å². The lowest BCUT2D eigenvalue weighted by molar-refractivity contribution is -0.139. The number of amides is 1. The summed E-state index contributed by atoms with van der Waals surface area (Å²) in [5, 5.41) is 3.92. The van der Waals surface area contributed by atoms with Gasteiger partial charge in [0.05, 0.1) is 11.9 Å². The second-order valence-electron chi connectivity index (χ2n) is 8.29. The summed E-state index contributed by atoms with van der Waals surface area (Å²) in [6.07, 6.45) is 7.07. The van der Waals surface area contributed by atoms with Crippen molar-refractivity contribution < 1.29 is 9.53 Å². The van der Waals surface area contributed by atoms with Gasteiger partial charge in [-0.3, -0.25) is 9.78 Å². The first kappa shape index (κ1) is 20.7. The monoisotopic (exact) mass is 449 g/mol. The van der Waals surface area contributed by atoms with Crippen LogP contribution in [0.2, 0.25) is 5.02 Å². The molecule has 1 aromatic carbocycles. The number of anilines is 2. The number of ether oxygens (including phenoxy) is 1. The molecule has 5 rings (SSSR count). The highest BCUT2D eigenvalue weighted by Crippen LogP contribution is 2.33. The number of nitrogens with one attached hydrogen (secondary N) is 1. The lowest BCUT2D eigenvalue weighted by Crippen LogP contribution is -2.45. The molecule has 1 saturated heterocycles. The van der Waals surface area contributed by atoms with E-state index in [0.717, 1.165) is 41.2 Å². The lowest BCUT2D eigenvalue weighted by atomic mass is 9.93. The summed E-state index contributed by atoms with van der Waals surface area (Å²) >= 11 is 6.07. The second kappa shape index (κ2) is 8.74. The molecule has 0 bridgehead atoms. The Bertz CT molecular complexity index is 1150. The molecule has 7 nitrogen and oxygen atoms in total. The Hall–Kier alpha value is -3.19. The molecule has 1 amide bonds. The minimum Gasteiger partial charge on any atom is -0.480 e. The number of halogens is 1. The molecule has 0 saturated carbocycles. The van der Waals surface area contributed by atoms with E-state index in [0.29, 0.717) is 30.4 Å². The Balaban J connectivity index is 1.20. The average molecular weight is 450 g/mol. The third-order valence-electron chi connectivity index (χ3n) is 6.11. The standard InChI is InChI=1S/C24H24ClN5O2/c1-15-3-2-8-27-23(15)29-22-14-26-13-19(28-22)16-6-9-30(10-7-16)24(31)21-12-17-11-18(25)4-5-20(17)32-21/h2-5,8,11,13-14,16,21H,6-7,9-10,12H2,1H3,(H,27,28,29). The summed E-state index contributed by atoms with van der Waals surface area (Å²) in [6.45, 7) is 3.36. The van der Waals surface area contributed by atoms with Crippen LogP contribution in [0.5, 0.6) is 5.75 Å². The van der Waals surface area contributed by atoms with Gasteiger partial charge in [-0.15, -0.1) is 0 Å². The first-order chi connectivity index (χ1) is 15.6. The number of hydrogen-bond acceptors (Lipinski definition) is 6. The molecule has 0 aliphatic carbocycles. The SMILES string of the molecule is Cc1cccnc1Nc1cncc(C2CCN(C(=O)C3Cc4cc(Cl)ccc4O3)CC2)n1. The first-order valence-electron chi connectivity index (χ1n) is 10.8. The molecular weight excluding hydrogens is 426 g/mol. The van der Waals surface area contributed by atoms with Crippen LogP contribution in [0.15, 0.2) is 48.9 Å². The van der Waals surface area contributed by atoms with Crippen molar-refractivity contribution in [1.82, 2.24) is 19.9 Å². The van der Waals surface area contributed by atoms with Crippen molar-refractivity contribution in [2.24, 2.45) is 0 Å². The molecule has 0 radical (unpaired) electrons. The molecule has 2 aliphatic heterocycles. The van der Waals surface area contributed by atoms with E-state index in [1.807, 2.05) is 42.3 Å². The van der Waals surface area contributed by atoms with Gasteiger partial charge in [-0.25, -0.2) is 9.97 Å². The van der Waals surface area contributed by atoms with E-state index in [1.165, 1.54) is 0 Å². The van der Waals surface area contributed by atoms with Gasteiger partial charge in [0.15, 0.2) is 6.10 Å². The Morgan fingerprint density at radius 3 is 2.88 bits per heavy atom. The molecule has 0 spiro atoms. The van der Waals surface area contributed by atoms with Crippen molar-refractivity contribution in [3.63, 3.8) is 0 Å². The maximum atomic E-state index is 13.0. The highest BCUT2D eigenvalue weighted by molar-refractivity contribution is 6.30. The summed E-state index contributed by atoms with van der Waals surface area (Å²) in [6, 6.07) is 9.41. The number of aromatic nitrogens is 3. The van der Waals surface area contributed by atoms with Crippen LogP contribution >= 0.6 is 11.6 Å². The highest BCUT2D eigenvalue weighted by Gasteiger charge is 2.34. The minimum absolute atomic E-state index is 0.0444. The first-order valence-corrected chi connectivity index (χ1v) is 11.2. The molecule has 164 valence electrons. The smallest absolute Gasteiger partial charge is 0.263 e. The second-order valence-corrected chi connectivity index (χ2v) is 8.72. The number of carbonyl (C=O) groups is 1. The topological polar surface area (TPSA) is 80.2 Å². The fraction of sp³-hybridized carbons (Fsp3) is 0.333. The zero-order chi connectivity index (χ0) is 22.1. The van der Waals surface area contributed by atoms with Crippen LogP contribution in [0.25, 0.3) is 0 Å². The fourth-order valence-electron chi connectivity index (χ4n) is 4.33. The number of aryl methyl sites for hydroxylation is 1.